The number of nitrogens with zero attached hydrogens (tertiary/aromatic N) is 2. The van der Waals surface area contributed by atoms with E-state index >= 15 is 0 Å². The molecule has 26 heavy (non-hydrogen) atoms. The SMILES string of the molecule is CC(C)N1CCN(C2CCC3=C(CC2)C(=O)c2ccccc2C3=O)CC1. The van der Waals surface area contributed by atoms with Gasteiger partial charge >= 0.3 is 0 Å². The smallest absolute Gasteiger partial charge is 0.190 e. The molecule has 0 N–H and O–H groups in total. The topological polar surface area (TPSA) is 40.6 Å². The van der Waals surface area contributed by atoms with E-state index in [0.717, 1.165) is 63.0 Å². The van der Waals surface area contributed by atoms with Crippen LogP contribution in [-0.2, 0) is 0 Å². The molecular formula is C22H28N2O2. The Kier molecular flexibility index (Phi) is 4.80. The molecule has 1 aromatic rings. The van der Waals surface area contributed by atoms with E-state index in [0.29, 0.717) is 23.2 Å². The van der Waals surface area contributed by atoms with E-state index in [1.807, 2.05) is 12.1 Å². The zero-order chi connectivity index (χ0) is 18.3. The van der Waals surface area contributed by atoms with Crippen molar-refractivity contribution in [2.24, 2.45) is 0 Å². The Balaban J connectivity index is 1.48. The molecule has 1 aromatic carbocycles. The number of carbonyl (C=O) groups excluding carboxylic acids is 2. The summed E-state index contributed by atoms with van der Waals surface area (Å²) in [5.41, 5.74) is 2.77. The molecule has 0 spiro atoms. The van der Waals surface area contributed by atoms with Gasteiger partial charge in [0.05, 0.1) is 0 Å². The second-order valence-electron chi connectivity index (χ2n) is 8.06. The maximum atomic E-state index is 12.9. The van der Waals surface area contributed by atoms with E-state index in [4.69, 9.17) is 0 Å². The lowest BCUT2D eigenvalue weighted by atomic mass is 9.82. The maximum Gasteiger partial charge on any atom is 0.190 e. The Labute approximate surface area is 155 Å². The minimum atomic E-state index is 0.0838. The molecule has 4 nitrogen and oxygen atoms in total. The number of hydrogen-bond acceptors (Lipinski definition) is 4. The number of Topliss-reactive ketones (excluding diaryl/α,β-unsaturated/α-hetero) is 2. The summed E-state index contributed by atoms with van der Waals surface area (Å²) < 4.78 is 0. The van der Waals surface area contributed by atoms with Crippen molar-refractivity contribution in [3.05, 3.63) is 46.5 Å². The third-order valence-electron chi connectivity index (χ3n) is 6.38. The van der Waals surface area contributed by atoms with Crippen LogP contribution in [0.1, 0.15) is 60.2 Å². The monoisotopic (exact) mass is 352 g/mol. The Morgan fingerprint density at radius 2 is 1.35 bits per heavy atom. The molecule has 2 aliphatic carbocycles. The molecule has 138 valence electrons. The van der Waals surface area contributed by atoms with Crippen molar-refractivity contribution in [1.29, 1.82) is 0 Å². The fourth-order valence-corrected chi connectivity index (χ4v) is 4.76. The number of rotatable bonds is 2. The van der Waals surface area contributed by atoms with Crippen molar-refractivity contribution in [3.8, 4) is 0 Å². The molecule has 0 unspecified atom stereocenters. The fraction of sp³-hybridized carbons (Fsp3) is 0.545. The van der Waals surface area contributed by atoms with Gasteiger partial charge in [-0.15, -0.1) is 0 Å². The van der Waals surface area contributed by atoms with Crippen molar-refractivity contribution in [3.63, 3.8) is 0 Å². The first-order chi connectivity index (χ1) is 12.6. The van der Waals surface area contributed by atoms with E-state index in [1.165, 1.54) is 0 Å². The van der Waals surface area contributed by atoms with Gasteiger partial charge in [0.15, 0.2) is 11.6 Å². The van der Waals surface area contributed by atoms with Crippen LogP contribution < -0.4 is 0 Å². The molecule has 0 amide bonds. The van der Waals surface area contributed by atoms with Crippen molar-refractivity contribution < 1.29 is 9.59 Å². The first kappa shape index (κ1) is 17.6. The highest BCUT2D eigenvalue weighted by Crippen LogP contribution is 2.35. The predicted molar refractivity (Wildman–Crippen MR) is 103 cm³/mol. The molecule has 1 saturated heterocycles. The molecule has 1 heterocycles. The van der Waals surface area contributed by atoms with Crippen molar-refractivity contribution >= 4 is 11.6 Å². The zero-order valence-electron chi connectivity index (χ0n) is 15.8. The summed E-state index contributed by atoms with van der Waals surface area (Å²) >= 11 is 0. The summed E-state index contributed by atoms with van der Waals surface area (Å²) in [6.45, 7) is 8.93. The number of ketones is 2. The predicted octanol–water partition coefficient (Wildman–Crippen LogP) is 3.33. The molecular weight excluding hydrogens is 324 g/mol. The molecule has 4 rings (SSSR count). The van der Waals surface area contributed by atoms with Gasteiger partial charge in [0, 0.05) is 60.5 Å². The number of fused-ring (bicyclic) bond motifs is 1. The Hall–Kier alpha value is -1.78. The second-order valence-corrected chi connectivity index (χ2v) is 8.06. The van der Waals surface area contributed by atoms with Crippen LogP contribution in [0, 0.1) is 0 Å². The molecule has 3 aliphatic rings. The number of allylic oxidation sites excluding steroid dienone is 2. The van der Waals surface area contributed by atoms with E-state index in [-0.39, 0.29) is 11.6 Å². The van der Waals surface area contributed by atoms with Gasteiger partial charge in [0.25, 0.3) is 0 Å². The van der Waals surface area contributed by atoms with Gasteiger partial charge < -0.3 is 0 Å². The number of hydrogen-bond donors (Lipinski definition) is 0. The number of piperazine rings is 1. The van der Waals surface area contributed by atoms with Gasteiger partial charge in [-0.1, -0.05) is 24.3 Å². The molecule has 4 heteroatoms. The Morgan fingerprint density at radius 3 is 1.81 bits per heavy atom. The lowest BCUT2D eigenvalue weighted by Gasteiger charge is -2.40. The van der Waals surface area contributed by atoms with Crippen LogP contribution in [0.25, 0.3) is 0 Å². The van der Waals surface area contributed by atoms with E-state index in [9.17, 15) is 9.59 Å². The van der Waals surface area contributed by atoms with Crippen LogP contribution in [0.3, 0.4) is 0 Å². The third kappa shape index (κ3) is 3.06. The number of benzene rings is 1. The van der Waals surface area contributed by atoms with Gasteiger partial charge in [-0.2, -0.15) is 0 Å². The van der Waals surface area contributed by atoms with Gasteiger partial charge in [-0.25, -0.2) is 0 Å². The van der Waals surface area contributed by atoms with Gasteiger partial charge in [0.2, 0.25) is 0 Å². The van der Waals surface area contributed by atoms with Gasteiger partial charge in [-0.05, 0) is 39.5 Å². The van der Waals surface area contributed by atoms with E-state index < -0.39 is 0 Å². The summed E-state index contributed by atoms with van der Waals surface area (Å²) in [5.74, 6) is 0.168. The van der Waals surface area contributed by atoms with Crippen molar-refractivity contribution in [2.75, 3.05) is 26.2 Å². The highest BCUT2D eigenvalue weighted by Gasteiger charge is 2.35. The average Bonchev–Trinajstić information content (AvgIpc) is 2.90. The number of carbonyl (C=O) groups is 2. The quantitative estimate of drug-likeness (QED) is 0.819. The molecule has 0 saturated carbocycles. The van der Waals surface area contributed by atoms with E-state index in [1.54, 1.807) is 12.1 Å². The summed E-state index contributed by atoms with van der Waals surface area (Å²) in [7, 11) is 0. The summed E-state index contributed by atoms with van der Waals surface area (Å²) in [6.07, 6.45) is 3.45. The van der Waals surface area contributed by atoms with Crippen molar-refractivity contribution in [1.82, 2.24) is 9.80 Å². The van der Waals surface area contributed by atoms with Gasteiger partial charge in [-0.3, -0.25) is 19.4 Å². The van der Waals surface area contributed by atoms with Crippen molar-refractivity contribution in [2.45, 2.75) is 51.6 Å². The largest absolute Gasteiger partial charge is 0.298 e. The third-order valence-corrected chi connectivity index (χ3v) is 6.38. The summed E-state index contributed by atoms with van der Waals surface area (Å²) in [4.78, 5) is 31.0. The van der Waals surface area contributed by atoms with Crippen LogP contribution in [0.5, 0.6) is 0 Å². The van der Waals surface area contributed by atoms with Crippen LogP contribution in [-0.4, -0.2) is 59.6 Å². The minimum absolute atomic E-state index is 0.0838. The van der Waals surface area contributed by atoms with Crippen LogP contribution in [0.15, 0.2) is 35.4 Å². The molecule has 0 atom stereocenters. The molecule has 0 radical (unpaired) electrons. The Morgan fingerprint density at radius 1 is 0.846 bits per heavy atom. The van der Waals surface area contributed by atoms with Crippen LogP contribution >= 0.6 is 0 Å². The van der Waals surface area contributed by atoms with Crippen LogP contribution in [0.4, 0.5) is 0 Å². The normalized spacial score (nSPS) is 23.2. The highest BCUT2D eigenvalue weighted by atomic mass is 16.1. The first-order valence-electron chi connectivity index (χ1n) is 9.95. The first-order valence-corrected chi connectivity index (χ1v) is 9.95. The van der Waals surface area contributed by atoms with E-state index in [2.05, 4.69) is 23.6 Å². The standard InChI is InChI=1S/C22H28N2O2/c1-15(2)23-11-13-24(14-12-23)16-7-9-19-20(10-8-16)22(26)18-6-4-3-5-17(18)21(19)25/h3-6,15-16H,7-14H2,1-2H3. The summed E-state index contributed by atoms with van der Waals surface area (Å²) in [6, 6.07) is 8.39. The average molecular weight is 352 g/mol. The highest BCUT2D eigenvalue weighted by molar-refractivity contribution is 6.26. The maximum absolute atomic E-state index is 12.9. The second kappa shape index (κ2) is 7.09. The lowest BCUT2D eigenvalue weighted by Crippen LogP contribution is -2.52. The van der Waals surface area contributed by atoms with Crippen LogP contribution in [0.2, 0.25) is 0 Å². The fourth-order valence-electron chi connectivity index (χ4n) is 4.76. The van der Waals surface area contributed by atoms with Gasteiger partial charge in [0.1, 0.15) is 0 Å². The molecule has 0 bridgehead atoms. The molecule has 1 fully saturated rings. The molecule has 0 aromatic heterocycles. The lowest BCUT2D eigenvalue weighted by molar-refractivity contribution is 0.0726. The zero-order valence-corrected chi connectivity index (χ0v) is 15.8. The Bertz CT molecular complexity index is 708. The minimum Gasteiger partial charge on any atom is -0.298 e. The molecule has 1 aliphatic heterocycles. The summed E-state index contributed by atoms with van der Waals surface area (Å²) in [5, 5.41) is 0.